The van der Waals surface area contributed by atoms with Gasteiger partial charge in [-0.1, -0.05) is 140 Å². The van der Waals surface area contributed by atoms with Gasteiger partial charge >= 0.3 is 0 Å². The van der Waals surface area contributed by atoms with Crippen LogP contribution in [0.5, 0.6) is 0 Å². The van der Waals surface area contributed by atoms with Crippen LogP contribution in [0.3, 0.4) is 0 Å². The number of benzene rings is 6. The lowest BCUT2D eigenvalue weighted by Crippen LogP contribution is -2.22. The molecule has 0 amide bonds. The smallest absolute Gasteiger partial charge is 0.167 e. The van der Waals surface area contributed by atoms with E-state index in [2.05, 4.69) is 134 Å². The van der Waals surface area contributed by atoms with Crippen LogP contribution in [0, 0.1) is 0 Å². The minimum Gasteiger partial charge on any atom is -0.460 e. The van der Waals surface area contributed by atoms with Gasteiger partial charge in [0.05, 0.1) is 5.56 Å². The summed E-state index contributed by atoms with van der Waals surface area (Å²) in [6, 6.07) is 51.5. The predicted octanol–water partition coefficient (Wildman–Crippen LogP) is 11.6. The van der Waals surface area contributed by atoms with Crippen LogP contribution in [0.2, 0.25) is 0 Å². The zero-order chi connectivity index (χ0) is 33.9. The second-order valence-corrected chi connectivity index (χ2v) is 13.6. The summed E-state index contributed by atoms with van der Waals surface area (Å²) in [6.45, 7) is 2.36. The van der Waals surface area contributed by atoms with Gasteiger partial charge in [0.15, 0.2) is 17.5 Å². The van der Waals surface area contributed by atoms with Gasteiger partial charge in [-0.15, -0.1) is 0 Å². The van der Waals surface area contributed by atoms with Crippen molar-refractivity contribution in [2.45, 2.75) is 25.2 Å². The van der Waals surface area contributed by atoms with Crippen LogP contribution in [0.15, 0.2) is 156 Å². The number of aryl methyl sites for hydroxylation is 1. The van der Waals surface area contributed by atoms with E-state index in [0.29, 0.717) is 17.5 Å². The summed E-state index contributed by atoms with van der Waals surface area (Å²) in [6.07, 6.45) is 6.26. The summed E-state index contributed by atoms with van der Waals surface area (Å²) in [7, 11) is 0. The van der Waals surface area contributed by atoms with Crippen LogP contribution >= 0.6 is 0 Å². The SMILES string of the molecule is CC1(c2ccccc2)c2ccccc2-c2ccc(-c3cccc(-c4nc(-c5ccccc5)nc(-c5cccc6c7c(oc56)CCC=C7)n4)c3)cc21. The minimum absolute atomic E-state index is 0.267. The fraction of sp³-hybridized carbons (Fsp3) is 0.0851. The molecular weight excluding hydrogens is 623 g/mol. The molecule has 0 radical (unpaired) electrons. The third-order valence-electron chi connectivity index (χ3n) is 10.7. The number of hydrogen-bond donors (Lipinski definition) is 0. The van der Waals surface area contributed by atoms with Crippen LogP contribution < -0.4 is 0 Å². The van der Waals surface area contributed by atoms with E-state index < -0.39 is 0 Å². The van der Waals surface area contributed by atoms with Gasteiger partial charge < -0.3 is 4.42 Å². The van der Waals surface area contributed by atoms with Crippen LogP contribution in [0.1, 0.15) is 41.4 Å². The fourth-order valence-corrected chi connectivity index (χ4v) is 8.08. The highest BCUT2D eigenvalue weighted by Crippen LogP contribution is 2.53. The molecule has 1 unspecified atom stereocenters. The van der Waals surface area contributed by atoms with Crippen LogP contribution in [-0.2, 0) is 11.8 Å². The monoisotopic (exact) mass is 655 g/mol. The minimum atomic E-state index is -0.267. The highest BCUT2D eigenvalue weighted by Gasteiger charge is 2.40. The molecule has 0 aliphatic heterocycles. The Bertz CT molecular complexity index is 2660. The summed E-state index contributed by atoms with van der Waals surface area (Å²) >= 11 is 0. The normalized spacial score (nSPS) is 15.8. The number of rotatable bonds is 5. The van der Waals surface area contributed by atoms with Crippen LogP contribution in [-0.4, -0.2) is 15.0 Å². The van der Waals surface area contributed by atoms with Crippen molar-refractivity contribution in [1.82, 2.24) is 15.0 Å². The number of aromatic nitrogens is 3. The van der Waals surface area contributed by atoms with E-state index >= 15 is 0 Å². The molecule has 4 heteroatoms. The van der Waals surface area contributed by atoms with E-state index in [4.69, 9.17) is 19.4 Å². The Morgan fingerprint density at radius 3 is 2.04 bits per heavy atom. The maximum Gasteiger partial charge on any atom is 0.167 e. The molecule has 0 saturated carbocycles. The molecule has 0 spiro atoms. The molecule has 2 heterocycles. The molecular formula is C47H33N3O. The van der Waals surface area contributed by atoms with Gasteiger partial charge in [-0.2, -0.15) is 0 Å². The van der Waals surface area contributed by atoms with E-state index in [9.17, 15) is 0 Å². The first-order chi connectivity index (χ1) is 25.1. The van der Waals surface area contributed by atoms with Gasteiger partial charge in [-0.3, -0.25) is 0 Å². The molecule has 2 aliphatic carbocycles. The number of nitrogens with zero attached hydrogens (tertiary/aromatic N) is 3. The van der Waals surface area contributed by atoms with Crippen molar-refractivity contribution in [2.24, 2.45) is 0 Å². The fourth-order valence-electron chi connectivity index (χ4n) is 8.08. The molecule has 0 bridgehead atoms. The first-order valence-electron chi connectivity index (χ1n) is 17.6. The zero-order valence-electron chi connectivity index (χ0n) is 28.2. The van der Waals surface area contributed by atoms with Crippen molar-refractivity contribution in [2.75, 3.05) is 0 Å². The van der Waals surface area contributed by atoms with Gasteiger partial charge in [0.25, 0.3) is 0 Å². The summed E-state index contributed by atoms with van der Waals surface area (Å²) in [5, 5.41) is 1.09. The summed E-state index contributed by atoms with van der Waals surface area (Å²) in [4.78, 5) is 15.2. The molecule has 51 heavy (non-hydrogen) atoms. The van der Waals surface area contributed by atoms with Crippen molar-refractivity contribution < 1.29 is 4.42 Å². The Hall–Kier alpha value is -6.39. The van der Waals surface area contributed by atoms with Crippen molar-refractivity contribution in [3.8, 4) is 56.4 Å². The Kier molecular flexibility index (Phi) is 6.72. The Balaban J connectivity index is 1.12. The third kappa shape index (κ3) is 4.71. The standard InChI is InChI=1S/C47H33N3O/c1-47(34-18-6-3-7-19-34)40-24-10-8-20-35(40)36-27-26-32(29-41(36)47)31-16-12-17-33(28-31)45-48-44(30-14-4-2-5-15-30)49-46(50-45)39-23-13-22-38-37-21-9-11-25-42(37)51-43(38)39/h2-10,12-24,26-29H,11,25H2,1H3. The van der Waals surface area contributed by atoms with Crippen molar-refractivity contribution >= 4 is 17.0 Å². The maximum absolute atomic E-state index is 6.50. The summed E-state index contributed by atoms with van der Waals surface area (Å²) in [5.74, 6) is 2.87. The molecule has 6 aromatic carbocycles. The first kappa shape index (κ1) is 29.5. The topological polar surface area (TPSA) is 51.8 Å². The van der Waals surface area contributed by atoms with Crippen molar-refractivity contribution in [1.29, 1.82) is 0 Å². The number of fused-ring (bicyclic) bond motifs is 6. The molecule has 242 valence electrons. The lowest BCUT2D eigenvalue weighted by atomic mass is 9.74. The largest absolute Gasteiger partial charge is 0.460 e. The summed E-state index contributed by atoms with van der Waals surface area (Å²) in [5.41, 5.74) is 13.2. The molecule has 2 aliphatic rings. The predicted molar refractivity (Wildman–Crippen MR) is 206 cm³/mol. The van der Waals surface area contributed by atoms with Crippen LogP contribution in [0.4, 0.5) is 0 Å². The molecule has 2 aromatic heterocycles. The zero-order valence-corrected chi connectivity index (χ0v) is 28.2. The second kappa shape index (κ2) is 11.6. The molecule has 0 saturated heterocycles. The summed E-state index contributed by atoms with van der Waals surface area (Å²) < 4.78 is 6.50. The van der Waals surface area contributed by atoms with Gasteiger partial charge in [-0.05, 0) is 70.5 Å². The Morgan fingerprint density at radius 2 is 1.18 bits per heavy atom. The number of hydrogen-bond acceptors (Lipinski definition) is 4. The highest BCUT2D eigenvalue weighted by atomic mass is 16.3. The molecule has 8 aromatic rings. The van der Waals surface area contributed by atoms with Gasteiger partial charge in [0.2, 0.25) is 0 Å². The third-order valence-corrected chi connectivity index (χ3v) is 10.7. The first-order valence-corrected chi connectivity index (χ1v) is 17.6. The Labute approximate surface area is 296 Å². The van der Waals surface area contributed by atoms with E-state index in [1.54, 1.807) is 0 Å². The lowest BCUT2D eigenvalue weighted by molar-refractivity contribution is 0.547. The van der Waals surface area contributed by atoms with Gasteiger partial charge in [-0.25, -0.2) is 15.0 Å². The van der Waals surface area contributed by atoms with E-state index in [-0.39, 0.29) is 5.41 Å². The quantitative estimate of drug-likeness (QED) is 0.185. The van der Waals surface area contributed by atoms with E-state index in [1.807, 2.05) is 30.3 Å². The van der Waals surface area contributed by atoms with Gasteiger partial charge in [0.1, 0.15) is 11.3 Å². The average Bonchev–Trinajstić information content (AvgIpc) is 3.72. The molecule has 0 fully saturated rings. The Morgan fingerprint density at radius 1 is 0.529 bits per heavy atom. The molecule has 10 rings (SSSR count). The number of furan rings is 1. The average molecular weight is 656 g/mol. The van der Waals surface area contributed by atoms with Gasteiger partial charge in [0, 0.05) is 33.9 Å². The number of allylic oxidation sites excluding steroid dienone is 1. The van der Waals surface area contributed by atoms with Crippen molar-refractivity contribution in [3.05, 3.63) is 180 Å². The molecule has 0 N–H and O–H groups in total. The van der Waals surface area contributed by atoms with E-state index in [1.165, 1.54) is 27.8 Å². The maximum atomic E-state index is 6.50. The second-order valence-electron chi connectivity index (χ2n) is 13.6. The highest BCUT2D eigenvalue weighted by molar-refractivity contribution is 5.97. The lowest BCUT2D eigenvalue weighted by Gasteiger charge is -2.28. The number of para-hydroxylation sites is 1. The van der Waals surface area contributed by atoms with Crippen molar-refractivity contribution in [3.63, 3.8) is 0 Å². The molecule has 1 atom stereocenters. The molecule has 4 nitrogen and oxygen atoms in total. The van der Waals surface area contributed by atoms with Crippen LogP contribution in [0.25, 0.3) is 73.5 Å². The van der Waals surface area contributed by atoms with E-state index in [0.717, 1.165) is 63.0 Å².